The Morgan fingerprint density at radius 3 is 2.33 bits per heavy atom. The van der Waals surface area contributed by atoms with Gasteiger partial charge in [0, 0.05) is 5.56 Å². The Bertz CT molecular complexity index is 948. The van der Waals surface area contributed by atoms with E-state index in [1.165, 1.54) is 25.3 Å². The van der Waals surface area contributed by atoms with Gasteiger partial charge >= 0.3 is 5.97 Å². The number of hydrogen-bond acceptors (Lipinski definition) is 5. The van der Waals surface area contributed by atoms with Gasteiger partial charge in [-0.05, 0) is 31.2 Å². The number of hydrogen-bond donors (Lipinski definition) is 1. The number of nitrogens with one attached hydrogen (secondary N) is 1. The Morgan fingerprint density at radius 2 is 1.63 bits per heavy atom. The number of para-hydroxylation sites is 1. The maximum Gasteiger partial charge on any atom is 0.340 e. The molecule has 6 nitrogen and oxygen atoms in total. The molecule has 0 aliphatic heterocycles. The van der Waals surface area contributed by atoms with Gasteiger partial charge in [-0.2, -0.15) is 0 Å². The van der Waals surface area contributed by atoms with Crippen molar-refractivity contribution < 1.29 is 23.5 Å². The maximum absolute atomic E-state index is 12.5. The number of rotatable bonds is 6. The fraction of sp³-hybridized carbons (Fsp3) is 0.0952. The Morgan fingerprint density at radius 1 is 0.926 bits per heavy atom. The van der Waals surface area contributed by atoms with Crippen LogP contribution in [-0.4, -0.2) is 23.8 Å². The summed E-state index contributed by atoms with van der Waals surface area (Å²) in [5, 5.41) is 2.61. The van der Waals surface area contributed by atoms with Gasteiger partial charge in [0.2, 0.25) is 5.78 Å². The molecule has 27 heavy (non-hydrogen) atoms. The van der Waals surface area contributed by atoms with E-state index in [2.05, 4.69) is 5.32 Å². The molecule has 0 saturated carbocycles. The van der Waals surface area contributed by atoms with Crippen molar-refractivity contribution in [3.63, 3.8) is 0 Å². The first-order chi connectivity index (χ1) is 13.1. The van der Waals surface area contributed by atoms with Crippen molar-refractivity contribution in [2.24, 2.45) is 0 Å². The summed E-state index contributed by atoms with van der Waals surface area (Å²) in [6, 6.07) is 18.1. The molecule has 3 aromatic rings. The molecule has 1 amide bonds. The van der Waals surface area contributed by atoms with Crippen molar-refractivity contribution in [3.05, 3.63) is 89.9 Å². The largest absolute Gasteiger partial charge is 0.459 e. The monoisotopic (exact) mass is 363 g/mol. The first kappa shape index (κ1) is 18.1. The molecule has 1 unspecified atom stereocenters. The topological polar surface area (TPSA) is 85.6 Å². The van der Waals surface area contributed by atoms with Gasteiger partial charge < -0.3 is 14.5 Å². The van der Waals surface area contributed by atoms with Gasteiger partial charge in [-0.25, -0.2) is 4.79 Å². The number of amides is 1. The quantitative estimate of drug-likeness (QED) is 0.529. The number of anilines is 1. The summed E-state index contributed by atoms with van der Waals surface area (Å²) in [5.41, 5.74) is 0.866. The average molecular weight is 363 g/mol. The van der Waals surface area contributed by atoms with Gasteiger partial charge in [-0.3, -0.25) is 9.59 Å². The lowest BCUT2D eigenvalue weighted by atomic mass is 10.1. The number of furan rings is 1. The lowest BCUT2D eigenvalue weighted by molar-refractivity contribution is 0.0320. The van der Waals surface area contributed by atoms with Crippen LogP contribution in [0.3, 0.4) is 0 Å². The van der Waals surface area contributed by atoms with Gasteiger partial charge in [0.15, 0.2) is 11.9 Å². The molecule has 0 radical (unpaired) electrons. The summed E-state index contributed by atoms with van der Waals surface area (Å²) >= 11 is 0. The first-order valence-electron chi connectivity index (χ1n) is 8.30. The fourth-order valence-corrected chi connectivity index (χ4v) is 2.48. The second-order valence-electron chi connectivity index (χ2n) is 5.75. The molecule has 6 heteroatoms. The molecule has 1 atom stereocenters. The van der Waals surface area contributed by atoms with Crippen molar-refractivity contribution in [2.45, 2.75) is 13.0 Å². The molecule has 0 aliphatic rings. The van der Waals surface area contributed by atoms with Crippen LogP contribution in [-0.2, 0) is 4.74 Å². The average Bonchev–Trinajstić information content (AvgIpc) is 3.23. The van der Waals surface area contributed by atoms with E-state index in [-0.39, 0.29) is 22.8 Å². The normalized spacial score (nSPS) is 11.4. The molecular formula is C21H17NO5. The Balaban J connectivity index is 1.73. The van der Waals surface area contributed by atoms with Crippen LogP contribution in [0.15, 0.2) is 77.4 Å². The van der Waals surface area contributed by atoms with Crippen molar-refractivity contribution in [1.29, 1.82) is 0 Å². The second kappa shape index (κ2) is 8.14. The van der Waals surface area contributed by atoms with Gasteiger partial charge in [0.25, 0.3) is 5.91 Å². The van der Waals surface area contributed by atoms with Gasteiger partial charge in [-0.1, -0.05) is 42.5 Å². The third kappa shape index (κ3) is 4.30. The molecule has 1 heterocycles. The predicted octanol–water partition coefficient (Wildman–Crippen LogP) is 3.96. The Kier molecular flexibility index (Phi) is 5.47. The Hall–Kier alpha value is -3.67. The SMILES string of the molecule is CC(OC(=O)c1ccccc1NC(=O)c1ccco1)C(=O)c1ccccc1. The van der Waals surface area contributed by atoms with Crippen molar-refractivity contribution in [1.82, 2.24) is 0 Å². The van der Waals surface area contributed by atoms with Crippen LogP contribution in [0.2, 0.25) is 0 Å². The van der Waals surface area contributed by atoms with E-state index in [0.29, 0.717) is 5.56 Å². The summed E-state index contributed by atoms with van der Waals surface area (Å²) in [6.07, 6.45) is 0.417. The third-order valence-electron chi connectivity index (χ3n) is 3.85. The second-order valence-corrected chi connectivity index (χ2v) is 5.75. The van der Waals surface area contributed by atoms with Crippen molar-refractivity contribution >= 4 is 23.3 Å². The fourth-order valence-electron chi connectivity index (χ4n) is 2.48. The van der Waals surface area contributed by atoms with Crippen LogP contribution in [0.1, 0.15) is 38.2 Å². The van der Waals surface area contributed by atoms with Gasteiger partial charge in [-0.15, -0.1) is 0 Å². The molecule has 0 bridgehead atoms. The summed E-state index contributed by atoms with van der Waals surface area (Å²) in [5.74, 6) is -1.39. The molecular weight excluding hydrogens is 346 g/mol. The van der Waals surface area contributed by atoms with Crippen LogP contribution in [0, 0.1) is 0 Å². The molecule has 3 rings (SSSR count). The minimum absolute atomic E-state index is 0.116. The van der Waals surface area contributed by atoms with Crippen LogP contribution in [0.5, 0.6) is 0 Å². The number of Topliss-reactive ketones (excluding diaryl/α,β-unsaturated/α-hetero) is 1. The highest BCUT2D eigenvalue weighted by atomic mass is 16.5. The smallest absolute Gasteiger partial charge is 0.340 e. The minimum Gasteiger partial charge on any atom is -0.459 e. The first-order valence-corrected chi connectivity index (χ1v) is 8.30. The molecule has 0 spiro atoms. The number of ether oxygens (including phenoxy) is 1. The van der Waals surface area contributed by atoms with E-state index in [1.807, 2.05) is 0 Å². The van der Waals surface area contributed by atoms with Crippen LogP contribution in [0.4, 0.5) is 5.69 Å². The minimum atomic E-state index is -0.964. The van der Waals surface area contributed by atoms with Crippen LogP contribution in [0.25, 0.3) is 0 Å². The van der Waals surface area contributed by atoms with E-state index >= 15 is 0 Å². The van der Waals surface area contributed by atoms with Gasteiger partial charge in [0.1, 0.15) is 0 Å². The molecule has 0 aliphatic carbocycles. The summed E-state index contributed by atoms with van der Waals surface area (Å²) in [7, 11) is 0. The molecule has 136 valence electrons. The number of esters is 1. The molecule has 1 N–H and O–H groups in total. The van der Waals surface area contributed by atoms with Crippen LogP contribution < -0.4 is 5.32 Å². The highest BCUT2D eigenvalue weighted by Gasteiger charge is 2.22. The van der Waals surface area contributed by atoms with E-state index in [0.717, 1.165) is 0 Å². The lowest BCUT2D eigenvalue weighted by Gasteiger charge is -2.14. The van der Waals surface area contributed by atoms with E-state index in [1.54, 1.807) is 54.6 Å². The van der Waals surface area contributed by atoms with Crippen LogP contribution >= 0.6 is 0 Å². The Labute approximate surface area is 155 Å². The summed E-state index contributed by atoms with van der Waals surface area (Å²) < 4.78 is 10.3. The number of ketones is 1. The predicted molar refractivity (Wildman–Crippen MR) is 98.8 cm³/mol. The molecule has 1 aromatic heterocycles. The highest BCUT2D eigenvalue weighted by molar-refractivity contribution is 6.07. The summed E-state index contributed by atoms with van der Waals surface area (Å²) in [4.78, 5) is 37.1. The molecule has 2 aromatic carbocycles. The van der Waals surface area contributed by atoms with E-state index < -0.39 is 18.0 Å². The number of carbonyl (C=O) groups excluding carboxylic acids is 3. The third-order valence-corrected chi connectivity index (χ3v) is 3.85. The molecule has 0 fully saturated rings. The standard InChI is InChI=1S/C21H17NO5/c1-14(19(23)15-8-3-2-4-9-15)27-21(25)16-10-5-6-11-17(16)22-20(24)18-12-7-13-26-18/h2-14H,1H3,(H,22,24). The van der Waals surface area contributed by atoms with E-state index in [9.17, 15) is 14.4 Å². The number of benzene rings is 2. The zero-order valence-corrected chi connectivity index (χ0v) is 14.5. The van der Waals surface area contributed by atoms with E-state index in [4.69, 9.17) is 9.15 Å². The maximum atomic E-state index is 12.5. The van der Waals surface area contributed by atoms with Crippen molar-refractivity contribution in [2.75, 3.05) is 5.32 Å². The number of carbonyl (C=O) groups is 3. The van der Waals surface area contributed by atoms with Gasteiger partial charge in [0.05, 0.1) is 17.5 Å². The zero-order valence-electron chi connectivity index (χ0n) is 14.5. The zero-order chi connectivity index (χ0) is 19.2. The molecule has 0 saturated heterocycles. The lowest BCUT2D eigenvalue weighted by Crippen LogP contribution is -2.25. The highest BCUT2D eigenvalue weighted by Crippen LogP contribution is 2.19. The summed E-state index contributed by atoms with van der Waals surface area (Å²) in [6.45, 7) is 1.51. The van der Waals surface area contributed by atoms with Crippen molar-refractivity contribution in [3.8, 4) is 0 Å².